The van der Waals surface area contributed by atoms with Crippen molar-refractivity contribution in [1.82, 2.24) is 15.2 Å². The lowest BCUT2D eigenvalue weighted by molar-refractivity contribution is 0.0698. The molecule has 0 aliphatic heterocycles. The Kier molecular flexibility index (Phi) is 3.48. The average molecular weight is 281 g/mol. The number of halogens is 1. The van der Waals surface area contributed by atoms with Gasteiger partial charge in [-0.15, -0.1) is 5.10 Å². The smallest absolute Gasteiger partial charge is 0.337 e. The second-order valence-electron chi connectivity index (χ2n) is 3.69. The van der Waals surface area contributed by atoms with Crippen LogP contribution in [0, 0.1) is 6.92 Å². The number of aromatic nitrogens is 3. The van der Waals surface area contributed by atoms with Crippen molar-refractivity contribution in [3.05, 3.63) is 40.4 Å². The molecule has 98 valence electrons. The lowest BCUT2D eigenvalue weighted by Gasteiger charge is -2.06. The predicted octanol–water partition coefficient (Wildman–Crippen LogP) is 1.72. The van der Waals surface area contributed by atoms with Crippen LogP contribution in [-0.4, -0.2) is 32.2 Å². The molecule has 0 saturated carbocycles. The summed E-state index contributed by atoms with van der Waals surface area (Å²) >= 11 is 5.71. The van der Waals surface area contributed by atoms with E-state index in [2.05, 4.69) is 20.5 Å². The number of carboxylic acid groups (broad SMARTS) is 1. The Morgan fingerprint density at radius 3 is 2.74 bits per heavy atom. The van der Waals surface area contributed by atoms with Crippen molar-refractivity contribution in [3.8, 4) is 0 Å². The first-order valence-corrected chi connectivity index (χ1v) is 5.58. The zero-order valence-electron chi connectivity index (χ0n) is 9.77. The van der Waals surface area contributed by atoms with E-state index in [0.29, 0.717) is 5.82 Å². The standard InChI is InChI=1S/C11H9ClN4O3/c1-5-13-9(16-15-5)10(17)14-8-3-2-6(12)4-7(8)11(18)19/h2-4H,1H3,(H,14,17)(H,18,19)(H,13,15,16). The van der Waals surface area contributed by atoms with E-state index in [1.807, 2.05) is 0 Å². The van der Waals surface area contributed by atoms with Gasteiger partial charge in [0.05, 0.1) is 11.3 Å². The third-order valence-electron chi connectivity index (χ3n) is 2.26. The Balaban J connectivity index is 2.28. The quantitative estimate of drug-likeness (QED) is 0.793. The number of aryl methyl sites for hydroxylation is 1. The minimum atomic E-state index is -1.19. The molecule has 0 aliphatic carbocycles. The van der Waals surface area contributed by atoms with Crippen LogP contribution in [0.5, 0.6) is 0 Å². The average Bonchev–Trinajstić information content (AvgIpc) is 2.78. The van der Waals surface area contributed by atoms with Crippen molar-refractivity contribution in [3.63, 3.8) is 0 Å². The van der Waals surface area contributed by atoms with E-state index in [1.165, 1.54) is 18.2 Å². The number of nitrogens with one attached hydrogen (secondary N) is 2. The first kappa shape index (κ1) is 13.0. The van der Waals surface area contributed by atoms with Crippen molar-refractivity contribution in [2.75, 3.05) is 5.32 Å². The summed E-state index contributed by atoms with van der Waals surface area (Å²) in [6, 6.07) is 4.14. The fourth-order valence-corrected chi connectivity index (χ4v) is 1.60. The van der Waals surface area contributed by atoms with Gasteiger partial charge in [-0.25, -0.2) is 9.78 Å². The van der Waals surface area contributed by atoms with Crippen LogP contribution >= 0.6 is 11.6 Å². The summed E-state index contributed by atoms with van der Waals surface area (Å²) < 4.78 is 0. The molecular weight excluding hydrogens is 272 g/mol. The Labute approximate surface area is 112 Å². The molecule has 0 saturated heterocycles. The molecule has 7 nitrogen and oxygen atoms in total. The second-order valence-corrected chi connectivity index (χ2v) is 4.13. The summed E-state index contributed by atoms with van der Waals surface area (Å²) in [6.07, 6.45) is 0. The largest absolute Gasteiger partial charge is 0.478 e. The topological polar surface area (TPSA) is 108 Å². The van der Waals surface area contributed by atoms with E-state index in [0.717, 1.165) is 0 Å². The number of benzene rings is 1. The van der Waals surface area contributed by atoms with E-state index < -0.39 is 11.9 Å². The minimum absolute atomic E-state index is 0.0659. The third-order valence-corrected chi connectivity index (χ3v) is 2.50. The highest BCUT2D eigenvalue weighted by molar-refractivity contribution is 6.31. The molecule has 0 bridgehead atoms. The summed E-state index contributed by atoms with van der Waals surface area (Å²) in [5.41, 5.74) is 0.0254. The summed E-state index contributed by atoms with van der Waals surface area (Å²) in [7, 11) is 0. The molecule has 19 heavy (non-hydrogen) atoms. The number of anilines is 1. The normalized spacial score (nSPS) is 10.2. The Hall–Kier alpha value is -2.41. The number of carboxylic acids is 1. The number of rotatable bonds is 3. The van der Waals surface area contributed by atoms with E-state index in [1.54, 1.807) is 6.92 Å². The van der Waals surface area contributed by atoms with E-state index in [9.17, 15) is 9.59 Å². The van der Waals surface area contributed by atoms with E-state index in [-0.39, 0.29) is 22.1 Å². The molecule has 8 heteroatoms. The highest BCUT2D eigenvalue weighted by atomic mass is 35.5. The number of carbonyl (C=O) groups excluding carboxylic acids is 1. The van der Waals surface area contributed by atoms with Gasteiger partial charge < -0.3 is 10.4 Å². The number of aromatic amines is 1. The lowest BCUT2D eigenvalue weighted by Crippen LogP contribution is -2.16. The number of amides is 1. The van der Waals surface area contributed by atoms with Gasteiger partial charge in [-0.05, 0) is 25.1 Å². The maximum atomic E-state index is 11.8. The second kappa shape index (κ2) is 5.07. The van der Waals surface area contributed by atoms with Crippen molar-refractivity contribution in [2.24, 2.45) is 0 Å². The van der Waals surface area contributed by atoms with E-state index >= 15 is 0 Å². The highest BCUT2D eigenvalue weighted by Crippen LogP contribution is 2.21. The van der Waals surface area contributed by atoms with Gasteiger partial charge in [0, 0.05) is 5.02 Å². The van der Waals surface area contributed by atoms with Crippen LogP contribution in [0.4, 0.5) is 5.69 Å². The van der Waals surface area contributed by atoms with Crippen molar-refractivity contribution < 1.29 is 14.7 Å². The highest BCUT2D eigenvalue weighted by Gasteiger charge is 2.16. The SMILES string of the molecule is Cc1nc(C(=O)Nc2ccc(Cl)cc2C(=O)O)n[nH]1. The van der Waals surface area contributed by atoms with E-state index in [4.69, 9.17) is 16.7 Å². The van der Waals surface area contributed by atoms with Crippen molar-refractivity contribution >= 4 is 29.2 Å². The monoisotopic (exact) mass is 280 g/mol. The molecule has 0 atom stereocenters. The zero-order chi connectivity index (χ0) is 14.0. The molecule has 0 radical (unpaired) electrons. The molecule has 2 rings (SSSR count). The number of carbonyl (C=O) groups is 2. The molecule has 1 amide bonds. The summed E-state index contributed by atoms with van der Waals surface area (Å²) in [6.45, 7) is 1.65. The number of aromatic carboxylic acids is 1. The number of H-pyrrole nitrogens is 1. The fourth-order valence-electron chi connectivity index (χ4n) is 1.42. The first-order valence-electron chi connectivity index (χ1n) is 5.20. The van der Waals surface area contributed by atoms with Crippen LogP contribution in [0.2, 0.25) is 5.02 Å². The van der Waals surface area contributed by atoms with Crippen molar-refractivity contribution in [2.45, 2.75) is 6.92 Å². The molecule has 0 fully saturated rings. The molecule has 0 unspecified atom stereocenters. The maximum absolute atomic E-state index is 11.8. The lowest BCUT2D eigenvalue weighted by atomic mass is 10.2. The molecular formula is C11H9ClN4O3. The fraction of sp³-hybridized carbons (Fsp3) is 0.0909. The van der Waals surface area contributed by atoms with Crippen LogP contribution in [-0.2, 0) is 0 Å². The van der Waals surface area contributed by atoms with Crippen molar-refractivity contribution in [1.29, 1.82) is 0 Å². The van der Waals surface area contributed by atoms with Gasteiger partial charge >= 0.3 is 5.97 Å². The molecule has 1 aromatic carbocycles. The van der Waals surface area contributed by atoms with Gasteiger partial charge in [0.15, 0.2) is 0 Å². The van der Waals surface area contributed by atoms with Crippen LogP contribution in [0.3, 0.4) is 0 Å². The number of nitrogens with zero attached hydrogens (tertiary/aromatic N) is 2. The van der Waals surface area contributed by atoms with Gasteiger partial charge in [0.1, 0.15) is 5.82 Å². The molecule has 1 heterocycles. The maximum Gasteiger partial charge on any atom is 0.337 e. The van der Waals surface area contributed by atoms with Crippen LogP contribution in [0.15, 0.2) is 18.2 Å². The molecule has 0 aliphatic rings. The molecule has 3 N–H and O–H groups in total. The zero-order valence-corrected chi connectivity index (χ0v) is 10.5. The van der Waals surface area contributed by atoms with Crippen LogP contribution in [0.25, 0.3) is 0 Å². The summed E-state index contributed by atoms with van der Waals surface area (Å²) in [4.78, 5) is 26.7. The van der Waals surface area contributed by atoms with Gasteiger partial charge in [-0.3, -0.25) is 9.89 Å². The van der Waals surface area contributed by atoms with Crippen LogP contribution < -0.4 is 5.32 Å². The molecule has 1 aromatic heterocycles. The van der Waals surface area contributed by atoms with Gasteiger partial charge in [-0.1, -0.05) is 11.6 Å². The Morgan fingerprint density at radius 1 is 1.42 bits per heavy atom. The third kappa shape index (κ3) is 2.89. The van der Waals surface area contributed by atoms with Gasteiger partial charge in [-0.2, -0.15) is 0 Å². The Morgan fingerprint density at radius 2 is 2.16 bits per heavy atom. The minimum Gasteiger partial charge on any atom is -0.478 e. The van der Waals surface area contributed by atoms with Gasteiger partial charge in [0.25, 0.3) is 5.91 Å². The van der Waals surface area contributed by atoms with Crippen LogP contribution in [0.1, 0.15) is 26.8 Å². The van der Waals surface area contributed by atoms with Gasteiger partial charge in [0.2, 0.25) is 5.82 Å². The Bertz CT molecular complexity index is 653. The summed E-state index contributed by atoms with van der Waals surface area (Å²) in [5, 5.41) is 17.9. The number of hydrogen-bond donors (Lipinski definition) is 3. The number of hydrogen-bond acceptors (Lipinski definition) is 4. The molecule has 0 spiro atoms. The molecule has 2 aromatic rings. The first-order chi connectivity index (χ1) is 8.97. The summed E-state index contributed by atoms with van der Waals surface area (Å²) in [5.74, 6) is -1.37. The predicted molar refractivity (Wildman–Crippen MR) is 67.5 cm³/mol.